The van der Waals surface area contributed by atoms with E-state index in [4.69, 9.17) is 5.73 Å². The molecular weight excluding hydrogens is 250 g/mol. The Morgan fingerprint density at radius 3 is 2.65 bits per heavy atom. The van der Waals surface area contributed by atoms with Gasteiger partial charge in [-0.15, -0.1) is 0 Å². The van der Waals surface area contributed by atoms with Crippen LogP contribution < -0.4 is 11.1 Å². The average Bonchev–Trinajstić information content (AvgIpc) is 2.41. The fourth-order valence-corrected chi connectivity index (χ4v) is 1.84. The molecule has 0 aliphatic heterocycles. The number of benzene rings is 2. The number of nitrogens with one attached hydrogen (secondary N) is 1. The molecular formula is C16H19N3O. The number of guanidine groups is 1. The largest absolute Gasteiger partial charge is 0.508 e. The van der Waals surface area contributed by atoms with Gasteiger partial charge in [-0.2, -0.15) is 0 Å². The van der Waals surface area contributed by atoms with Crippen molar-refractivity contribution in [3.05, 3.63) is 59.2 Å². The molecule has 0 heterocycles. The Morgan fingerprint density at radius 1 is 1.15 bits per heavy atom. The van der Waals surface area contributed by atoms with E-state index in [1.54, 1.807) is 18.2 Å². The highest BCUT2D eigenvalue weighted by molar-refractivity contribution is 5.92. The molecule has 104 valence electrons. The van der Waals surface area contributed by atoms with E-state index < -0.39 is 0 Å². The molecule has 2 aromatic rings. The van der Waals surface area contributed by atoms with Gasteiger partial charge in [-0.05, 0) is 54.8 Å². The summed E-state index contributed by atoms with van der Waals surface area (Å²) in [4.78, 5) is 4.26. The van der Waals surface area contributed by atoms with Gasteiger partial charge in [0.05, 0.1) is 6.54 Å². The number of nitrogens with zero attached hydrogens (tertiary/aromatic N) is 1. The molecule has 2 rings (SSSR count). The zero-order chi connectivity index (χ0) is 14.5. The van der Waals surface area contributed by atoms with Crippen LogP contribution in [0.25, 0.3) is 0 Å². The number of phenolic OH excluding ortho intramolecular Hbond substituents is 1. The molecule has 0 aliphatic carbocycles. The minimum atomic E-state index is 0.235. The minimum absolute atomic E-state index is 0.235. The van der Waals surface area contributed by atoms with Crippen LogP contribution in [0, 0.1) is 13.8 Å². The van der Waals surface area contributed by atoms with Crippen molar-refractivity contribution in [2.75, 3.05) is 5.32 Å². The predicted molar refractivity (Wildman–Crippen MR) is 83.0 cm³/mol. The van der Waals surface area contributed by atoms with Gasteiger partial charge in [0.25, 0.3) is 0 Å². The highest BCUT2D eigenvalue weighted by Crippen LogP contribution is 2.14. The number of phenols is 1. The second-order valence-electron chi connectivity index (χ2n) is 4.80. The maximum atomic E-state index is 9.37. The Kier molecular flexibility index (Phi) is 4.25. The fraction of sp³-hybridized carbons (Fsp3) is 0.188. The first kappa shape index (κ1) is 13.9. The van der Waals surface area contributed by atoms with Crippen molar-refractivity contribution in [1.29, 1.82) is 0 Å². The third-order valence-corrected chi connectivity index (χ3v) is 3.12. The standard InChI is InChI=1S/C16H19N3O/c1-11-6-7-14(8-12(11)2)19-16(17)18-10-13-4-3-5-15(20)9-13/h3-9,20H,10H2,1-2H3,(H3,17,18,19). The summed E-state index contributed by atoms with van der Waals surface area (Å²) in [7, 11) is 0. The van der Waals surface area contributed by atoms with Gasteiger partial charge in [0.1, 0.15) is 5.75 Å². The van der Waals surface area contributed by atoms with Gasteiger partial charge in [-0.3, -0.25) is 0 Å². The molecule has 0 radical (unpaired) electrons. The Bertz CT molecular complexity index is 635. The number of hydrogen-bond acceptors (Lipinski definition) is 2. The molecule has 0 aliphatic rings. The minimum Gasteiger partial charge on any atom is -0.508 e. The summed E-state index contributed by atoms with van der Waals surface area (Å²) in [6, 6.07) is 13.0. The third kappa shape index (κ3) is 3.75. The number of aliphatic imine (C=N–C) groups is 1. The summed E-state index contributed by atoms with van der Waals surface area (Å²) in [5.74, 6) is 0.593. The van der Waals surface area contributed by atoms with E-state index in [-0.39, 0.29) is 5.75 Å². The van der Waals surface area contributed by atoms with Crippen LogP contribution in [0.4, 0.5) is 5.69 Å². The smallest absolute Gasteiger partial charge is 0.193 e. The molecule has 4 nitrogen and oxygen atoms in total. The zero-order valence-electron chi connectivity index (χ0n) is 11.7. The normalized spacial score (nSPS) is 11.4. The fourth-order valence-electron chi connectivity index (χ4n) is 1.84. The second kappa shape index (κ2) is 6.10. The molecule has 4 N–H and O–H groups in total. The maximum Gasteiger partial charge on any atom is 0.193 e. The molecule has 4 heteroatoms. The lowest BCUT2D eigenvalue weighted by molar-refractivity contribution is 0.474. The number of rotatable bonds is 3. The zero-order valence-corrected chi connectivity index (χ0v) is 11.7. The van der Waals surface area contributed by atoms with Crippen LogP contribution in [0.3, 0.4) is 0 Å². The highest BCUT2D eigenvalue weighted by Gasteiger charge is 1.98. The monoisotopic (exact) mass is 269 g/mol. The Hall–Kier alpha value is -2.49. The lowest BCUT2D eigenvalue weighted by atomic mass is 10.1. The van der Waals surface area contributed by atoms with Crippen LogP contribution in [-0.2, 0) is 6.54 Å². The summed E-state index contributed by atoms with van der Waals surface area (Å²) in [6.07, 6.45) is 0. The molecule has 0 fully saturated rings. The van der Waals surface area contributed by atoms with Gasteiger partial charge in [-0.1, -0.05) is 18.2 Å². The van der Waals surface area contributed by atoms with Gasteiger partial charge >= 0.3 is 0 Å². The molecule has 20 heavy (non-hydrogen) atoms. The summed E-state index contributed by atoms with van der Waals surface area (Å²) in [6.45, 7) is 4.55. The first-order valence-corrected chi connectivity index (χ1v) is 6.47. The van der Waals surface area contributed by atoms with Crippen LogP contribution in [0.1, 0.15) is 16.7 Å². The van der Waals surface area contributed by atoms with Gasteiger partial charge < -0.3 is 16.2 Å². The number of aromatic hydroxyl groups is 1. The molecule has 0 aromatic heterocycles. The average molecular weight is 269 g/mol. The Morgan fingerprint density at radius 2 is 1.95 bits per heavy atom. The van der Waals surface area contributed by atoms with Gasteiger partial charge in [0.2, 0.25) is 0 Å². The van der Waals surface area contributed by atoms with Crippen LogP contribution in [0.2, 0.25) is 0 Å². The van der Waals surface area contributed by atoms with Gasteiger partial charge in [-0.25, -0.2) is 4.99 Å². The van der Waals surface area contributed by atoms with E-state index in [1.807, 2.05) is 24.3 Å². The van der Waals surface area contributed by atoms with Crippen LogP contribution in [0.5, 0.6) is 5.75 Å². The quantitative estimate of drug-likeness (QED) is 0.592. The van der Waals surface area contributed by atoms with E-state index in [0.29, 0.717) is 12.5 Å². The molecule has 0 unspecified atom stereocenters. The topological polar surface area (TPSA) is 70.6 Å². The number of anilines is 1. The highest BCUT2D eigenvalue weighted by atomic mass is 16.3. The summed E-state index contributed by atoms with van der Waals surface area (Å²) < 4.78 is 0. The van der Waals surface area contributed by atoms with E-state index >= 15 is 0 Å². The van der Waals surface area contributed by atoms with Crippen molar-refractivity contribution in [3.63, 3.8) is 0 Å². The second-order valence-corrected chi connectivity index (χ2v) is 4.80. The van der Waals surface area contributed by atoms with Crippen molar-refractivity contribution in [3.8, 4) is 5.75 Å². The van der Waals surface area contributed by atoms with Crippen molar-refractivity contribution in [2.24, 2.45) is 10.7 Å². The number of nitrogens with two attached hydrogens (primary N) is 1. The van der Waals surface area contributed by atoms with Crippen molar-refractivity contribution in [1.82, 2.24) is 0 Å². The molecule has 0 saturated heterocycles. The molecule has 0 bridgehead atoms. The van der Waals surface area contributed by atoms with Gasteiger partial charge in [0, 0.05) is 5.69 Å². The first-order chi connectivity index (χ1) is 9.54. The molecule has 2 aromatic carbocycles. The van der Waals surface area contributed by atoms with E-state index in [9.17, 15) is 5.11 Å². The predicted octanol–water partition coefficient (Wildman–Crippen LogP) is 2.94. The summed E-state index contributed by atoms with van der Waals surface area (Å²) in [5.41, 5.74) is 10.1. The van der Waals surface area contributed by atoms with Crippen molar-refractivity contribution >= 4 is 11.6 Å². The number of aryl methyl sites for hydroxylation is 2. The Labute approximate surface area is 119 Å². The van der Waals surface area contributed by atoms with Gasteiger partial charge in [0.15, 0.2) is 5.96 Å². The maximum absolute atomic E-state index is 9.37. The third-order valence-electron chi connectivity index (χ3n) is 3.12. The summed E-state index contributed by atoms with van der Waals surface area (Å²) in [5, 5.41) is 12.4. The lowest BCUT2D eigenvalue weighted by Gasteiger charge is -2.08. The van der Waals surface area contributed by atoms with E-state index in [2.05, 4.69) is 24.2 Å². The summed E-state index contributed by atoms with van der Waals surface area (Å²) >= 11 is 0. The molecule has 0 atom stereocenters. The molecule has 0 amide bonds. The molecule has 0 saturated carbocycles. The van der Waals surface area contributed by atoms with E-state index in [0.717, 1.165) is 11.3 Å². The van der Waals surface area contributed by atoms with Crippen LogP contribution >= 0.6 is 0 Å². The lowest BCUT2D eigenvalue weighted by Crippen LogP contribution is -2.22. The van der Waals surface area contributed by atoms with Crippen LogP contribution in [0.15, 0.2) is 47.5 Å². The SMILES string of the molecule is Cc1ccc(NC(N)=NCc2cccc(O)c2)cc1C. The first-order valence-electron chi connectivity index (χ1n) is 6.47. The number of hydrogen-bond donors (Lipinski definition) is 3. The Balaban J connectivity index is 2.02. The van der Waals surface area contributed by atoms with Crippen LogP contribution in [-0.4, -0.2) is 11.1 Å². The van der Waals surface area contributed by atoms with Crippen molar-refractivity contribution < 1.29 is 5.11 Å². The van der Waals surface area contributed by atoms with E-state index in [1.165, 1.54) is 11.1 Å². The molecule has 0 spiro atoms. The van der Waals surface area contributed by atoms with Crippen molar-refractivity contribution in [2.45, 2.75) is 20.4 Å².